The molecule has 1 aromatic heterocycles. The smallest absolute Gasteiger partial charge is 0.273 e. The van der Waals surface area contributed by atoms with E-state index in [0.29, 0.717) is 18.3 Å². The van der Waals surface area contributed by atoms with Crippen LogP contribution in [0.15, 0.2) is 21.6 Å². The molecule has 0 amide bonds. The fourth-order valence-corrected chi connectivity index (χ4v) is 2.92. The average Bonchev–Trinajstić information content (AvgIpc) is 2.87. The lowest BCUT2D eigenvalue weighted by molar-refractivity contribution is 0.343. The van der Waals surface area contributed by atoms with Crippen molar-refractivity contribution in [2.75, 3.05) is 7.05 Å². The molecular weight excluding hydrogens is 252 g/mol. The van der Waals surface area contributed by atoms with Crippen LogP contribution in [0, 0.1) is 0 Å². The highest BCUT2D eigenvalue weighted by atomic mass is 32.2. The highest BCUT2D eigenvalue weighted by molar-refractivity contribution is 7.89. The Labute approximate surface area is 108 Å². The van der Waals surface area contributed by atoms with Gasteiger partial charge in [-0.3, -0.25) is 0 Å². The zero-order chi connectivity index (χ0) is 13.0. The third-order valence-electron chi connectivity index (χ3n) is 3.34. The maximum absolute atomic E-state index is 11.5. The van der Waals surface area contributed by atoms with Crippen LogP contribution < -0.4 is 10.0 Å². The van der Waals surface area contributed by atoms with Gasteiger partial charge in [0.15, 0.2) is 0 Å². The first-order valence-corrected chi connectivity index (χ1v) is 7.86. The van der Waals surface area contributed by atoms with Crippen LogP contribution in [0.5, 0.6) is 0 Å². The summed E-state index contributed by atoms with van der Waals surface area (Å²) in [5.74, 6) is 0.661. The first-order valence-electron chi connectivity index (χ1n) is 6.37. The van der Waals surface area contributed by atoms with Crippen molar-refractivity contribution >= 4 is 10.0 Å². The molecule has 0 spiro atoms. The topological polar surface area (TPSA) is 71.3 Å². The van der Waals surface area contributed by atoms with Crippen molar-refractivity contribution in [2.45, 2.75) is 49.8 Å². The summed E-state index contributed by atoms with van der Waals surface area (Å²) in [6.07, 6.45) is 6.26. The summed E-state index contributed by atoms with van der Waals surface area (Å²) in [5, 5.41) is 3.39. The molecule has 0 saturated heterocycles. The lowest BCUT2D eigenvalue weighted by Gasteiger charge is -2.22. The molecule has 1 fully saturated rings. The van der Waals surface area contributed by atoms with E-state index in [4.69, 9.17) is 4.42 Å². The minimum absolute atomic E-state index is 0.0227. The fraction of sp³-hybridized carbons (Fsp3) is 0.667. The van der Waals surface area contributed by atoms with Gasteiger partial charge in [-0.1, -0.05) is 19.3 Å². The molecule has 1 aromatic rings. The summed E-state index contributed by atoms with van der Waals surface area (Å²) in [5.41, 5.74) is 0. The van der Waals surface area contributed by atoms with E-state index in [0.717, 1.165) is 0 Å². The molecule has 0 aromatic carbocycles. The van der Waals surface area contributed by atoms with E-state index in [1.807, 2.05) is 0 Å². The van der Waals surface area contributed by atoms with E-state index in [-0.39, 0.29) is 5.09 Å². The molecular formula is C12H20N2O3S. The highest BCUT2D eigenvalue weighted by Gasteiger charge is 2.17. The summed E-state index contributed by atoms with van der Waals surface area (Å²) < 4.78 is 30.5. The molecule has 0 atom stereocenters. The Hall–Kier alpha value is -0.850. The molecule has 0 radical (unpaired) electrons. The van der Waals surface area contributed by atoms with Gasteiger partial charge in [0.1, 0.15) is 5.76 Å². The number of hydrogen-bond acceptors (Lipinski definition) is 4. The molecule has 2 rings (SSSR count). The fourth-order valence-electron chi connectivity index (χ4n) is 2.25. The van der Waals surface area contributed by atoms with E-state index in [1.165, 1.54) is 45.2 Å². The molecule has 2 N–H and O–H groups in total. The van der Waals surface area contributed by atoms with Crippen molar-refractivity contribution in [3.63, 3.8) is 0 Å². The van der Waals surface area contributed by atoms with Gasteiger partial charge in [-0.05, 0) is 32.0 Å². The molecule has 6 heteroatoms. The number of furan rings is 1. The van der Waals surface area contributed by atoms with Crippen LogP contribution in [0.2, 0.25) is 0 Å². The monoisotopic (exact) mass is 272 g/mol. The zero-order valence-corrected chi connectivity index (χ0v) is 11.4. The second kappa shape index (κ2) is 5.86. The Bertz CT molecular complexity index is 475. The Morgan fingerprint density at radius 1 is 1.28 bits per heavy atom. The van der Waals surface area contributed by atoms with Crippen LogP contribution in [-0.4, -0.2) is 21.5 Å². The van der Waals surface area contributed by atoms with Crippen molar-refractivity contribution in [1.82, 2.24) is 10.0 Å². The maximum Gasteiger partial charge on any atom is 0.273 e. The zero-order valence-electron chi connectivity index (χ0n) is 10.6. The molecule has 0 bridgehead atoms. The van der Waals surface area contributed by atoms with E-state index in [1.54, 1.807) is 6.07 Å². The third-order valence-corrected chi connectivity index (χ3v) is 4.63. The van der Waals surface area contributed by atoms with Crippen molar-refractivity contribution in [2.24, 2.45) is 0 Å². The van der Waals surface area contributed by atoms with E-state index in [9.17, 15) is 8.42 Å². The molecule has 0 unspecified atom stereocenters. The Morgan fingerprint density at radius 3 is 2.67 bits per heavy atom. The summed E-state index contributed by atoms with van der Waals surface area (Å²) in [6.45, 7) is 0.587. The van der Waals surface area contributed by atoms with E-state index >= 15 is 0 Å². The van der Waals surface area contributed by atoms with Crippen LogP contribution in [0.1, 0.15) is 37.9 Å². The molecule has 0 aliphatic heterocycles. The summed E-state index contributed by atoms with van der Waals surface area (Å²) in [6, 6.07) is 3.73. The standard InChI is InChI=1S/C12H20N2O3S/c1-13-18(15,16)12-8-7-11(17-12)9-14-10-5-3-2-4-6-10/h7-8,10,13-14H,2-6,9H2,1H3. The van der Waals surface area contributed by atoms with Gasteiger partial charge in [-0.25, -0.2) is 13.1 Å². The van der Waals surface area contributed by atoms with Crippen molar-refractivity contribution < 1.29 is 12.8 Å². The molecule has 1 aliphatic rings. The van der Waals surface area contributed by atoms with Gasteiger partial charge >= 0.3 is 0 Å². The predicted molar refractivity (Wildman–Crippen MR) is 68.7 cm³/mol. The van der Waals surface area contributed by atoms with Crippen molar-refractivity contribution in [1.29, 1.82) is 0 Å². The third kappa shape index (κ3) is 3.34. The second-order valence-electron chi connectivity index (χ2n) is 4.64. The minimum atomic E-state index is -3.46. The predicted octanol–water partition coefficient (Wildman–Crippen LogP) is 1.61. The van der Waals surface area contributed by atoms with Gasteiger partial charge in [-0.2, -0.15) is 0 Å². The van der Waals surface area contributed by atoms with Gasteiger partial charge in [0.05, 0.1) is 6.54 Å². The second-order valence-corrected chi connectivity index (χ2v) is 6.46. The minimum Gasteiger partial charge on any atom is -0.447 e. The maximum atomic E-state index is 11.5. The first kappa shape index (κ1) is 13.6. The van der Waals surface area contributed by atoms with E-state index in [2.05, 4.69) is 10.0 Å². The van der Waals surface area contributed by atoms with Gasteiger partial charge in [0.2, 0.25) is 5.09 Å². The van der Waals surface area contributed by atoms with Crippen molar-refractivity contribution in [3.05, 3.63) is 17.9 Å². The Balaban J connectivity index is 1.90. The average molecular weight is 272 g/mol. The molecule has 1 aliphatic carbocycles. The van der Waals surface area contributed by atoms with Gasteiger partial charge < -0.3 is 9.73 Å². The van der Waals surface area contributed by atoms with E-state index < -0.39 is 10.0 Å². The molecule has 1 heterocycles. The molecule has 1 saturated carbocycles. The quantitative estimate of drug-likeness (QED) is 0.854. The number of rotatable bonds is 5. The normalized spacial score (nSPS) is 18.1. The summed E-state index contributed by atoms with van der Waals surface area (Å²) in [4.78, 5) is 0. The summed E-state index contributed by atoms with van der Waals surface area (Å²) in [7, 11) is -2.09. The van der Waals surface area contributed by atoms with Crippen LogP contribution in [-0.2, 0) is 16.6 Å². The Morgan fingerprint density at radius 2 is 2.00 bits per heavy atom. The number of sulfonamides is 1. The largest absolute Gasteiger partial charge is 0.447 e. The lowest BCUT2D eigenvalue weighted by Crippen LogP contribution is -2.30. The van der Waals surface area contributed by atoms with Gasteiger partial charge in [0, 0.05) is 6.04 Å². The van der Waals surface area contributed by atoms with Crippen LogP contribution in [0.25, 0.3) is 0 Å². The lowest BCUT2D eigenvalue weighted by atomic mass is 9.95. The van der Waals surface area contributed by atoms with Crippen LogP contribution >= 0.6 is 0 Å². The van der Waals surface area contributed by atoms with Gasteiger partial charge in [-0.15, -0.1) is 0 Å². The van der Waals surface area contributed by atoms with Crippen molar-refractivity contribution in [3.8, 4) is 0 Å². The van der Waals surface area contributed by atoms with Gasteiger partial charge in [0.25, 0.3) is 10.0 Å². The first-order chi connectivity index (χ1) is 8.62. The molecule has 18 heavy (non-hydrogen) atoms. The molecule has 102 valence electrons. The van der Waals surface area contributed by atoms with Crippen LogP contribution in [0.3, 0.4) is 0 Å². The molecule has 5 nitrogen and oxygen atoms in total. The Kier molecular flexibility index (Phi) is 4.42. The number of hydrogen-bond donors (Lipinski definition) is 2. The SMILES string of the molecule is CNS(=O)(=O)c1ccc(CNC2CCCCC2)o1. The van der Waals surface area contributed by atoms with Crippen LogP contribution in [0.4, 0.5) is 0 Å². The highest BCUT2D eigenvalue weighted by Crippen LogP contribution is 2.18. The summed E-state index contributed by atoms with van der Waals surface area (Å²) >= 11 is 0. The number of nitrogens with one attached hydrogen (secondary N) is 2.